The standard InChI is InChI=1S/C18H21N/c1-3-9-16(10-4-1)11-7-8-14-19-15-18(19)17-12-5-2-6-13-17/h1-6,9-10,12-13,18H,7-8,11,14-15H2. The predicted molar refractivity (Wildman–Crippen MR) is 80.1 cm³/mol. The zero-order chi connectivity index (χ0) is 12.9. The van der Waals surface area contributed by atoms with E-state index in [-0.39, 0.29) is 0 Å². The van der Waals surface area contributed by atoms with Crippen LogP contribution in [0.4, 0.5) is 0 Å². The van der Waals surface area contributed by atoms with E-state index in [1.54, 1.807) is 0 Å². The summed E-state index contributed by atoms with van der Waals surface area (Å²) < 4.78 is 0. The van der Waals surface area contributed by atoms with Gasteiger partial charge >= 0.3 is 0 Å². The maximum absolute atomic E-state index is 2.57. The van der Waals surface area contributed by atoms with Crippen LogP contribution in [0, 0.1) is 0 Å². The highest BCUT2D eigenvalue weighted by Gasteiger charge is 2.33. The van der Waals surface area contributed by atoms with Gasteiger partial charge in [-0.05, 0) is 36.9 Å². The molecule has 0 spiro atoms. The minimum atomic E-state index is 0.693. The average molecular weight is 251 g/mol. The van der Waals surface area contributed by atoms with Crippen molar-refractivity contribution >= 4 is 0 Å². The number of hydrogen-bond acceptors (Lipinski definition) is 1. The molecule has 1 fully saturated rings. The van der Waals surface area contributed by atoms with Crippen LogP contribution < -0.4 is 0 Å². The molecule has 2 atom stereocenters. The maximum Gasteiger partial charge on any atom is 0.0476 e. The second-order valence-corrected chi connectivity index (χ2v) is 5.36. The third kappa shape index (κ3) is 3.45. The van der Waals surface area contributed by atoms with Crippen LogP contribution in [0.15, 0.2) is 60.7 Å². The summed E-state index contributed by atoms with van der Waals surface area (Å²) >= 11 is 0. The topological polar surface area (TPSA) is 3.01 Å². The first-order valence-corrected chi connectivity index (χ1v) is 7.26. The summed E-state index contributed by atoms with van der Waals surface area (Å²) in [6.07, 6.45) is 3.81. The minimum Gasteiger partial charge on any atom is -0.293 e. The Morgan fingerprint density at radius 3 is 2.26 bits per heavy atom. The normalized spacial score (nSPS) is 21.3. The Kier molecular flexibility index (Phi) is 3.95. The largest absolute Gasteiger partial charge is 0.293 e. The highest BCUT2D eigenvalue weighted by atomic mass is 15.3. The Bertz CT molecular complexity index is 492. The third-order valence-electron chi connectivity index (χ3n) is 3.90. The monoisotopic (exact) mass is 251 g/mol. The lowest BCUT2D eigenvalue weighted by Crippen LogP contribution is -2.01. The lowest BCUT2D eigenvalue weighted by molar-refractivity contribution is 0.485. The number of rotatable bonds is 6. The molecule has 0 N–H and O–H groups in total. The zero-order valence-corrected chi connectivity index (χ0v) is 11.3. The molecule has 1 nitrogen and oxygen atoms in total. The van der Waals surface area contributed by atoms with Crippen LogP contribution in [0.2, 0.25) is 0 Å². The molecular weight excluding hydrogens is 230 g/mol. The number of nitrogens with zero attached hydrogens (tertiary/aromatic N) is 1. The first-order chi connectivity index (χ1) is 9.43. The molecule has 0 saturated carbocycles. The van der Waals surface area contributed by atoms with Gasteiger partial charge in [0.25, 0.3) is 0 Å². The molecule has 0 amide bonds. The fourth-order valence-electron chi connectivity index (χ4n) is 2.70. The maximum atomic E-state index is 2.57. The van der Waals surface area contributed by atoms with Crippen LogP contribution in [-0.2, 0) is 6.42 Å². The Balaban J connectivity index is 1.36. The van der Waals surface area contributed by atoms with Gasteiger partial charge in [-0.1, -0.05) is 60.7 Å². The van der Waals surface area contributed by atoms with Gasteiger partial charge < -0.3 is 0 Å². The van der Waals surface area contributed by atoms with Gasteiger partial charge in [0.2, 0.25) is 0 Å². The summed E-state index contributed by atoms with van der Waals surface area (Å²) in [5.74, 6) is 0. The van der Waals surface area contributed by atoms with Crippen molar-refractivity contribution in [2.75, 3.05) is 13.1 Å². The number of benzene rings is 2. The molecule has 1 heterocycles. The quantitative estimate of drug-likeness (QED) is 0.552. The van der Waals surface area contributed by atoms with E-state index in [0.29, 0.717) is 6.04 Å². The molecule has 3 rings (SSSR count). The molecule has 2 aromatic carbocycles. The molecule has 98 valence electrons. The van der Waals surface area contributed by atoms with Crippen molar-refractivity contribution in [1.29, 1.82) is 0 Å². The van der Waals surface area contributed by atoms with Crippen molar-refractivity contribution in [2.45, 2.75) is 25.3 Å². The van der Waals surface area contributed by atoms with Crippen LogP contribution in [0.5, 0.6) is 0 Å². The van der Waals surface area contributed by atoms with E-state index in [9.17, 15) is 0 Å². The Morgan fingerprint density at radius 2 is 1.53 bits per heavy atom. The number of aryl methyl sites for hydroxylation is 1. The van der Waals surface area contributed by atoms with E-state index in [1.807, 2.05) is 0 Å². The van der Waals surface area contributed by atoms with Crippen LogP contribution in [0.3, 0.4) is 0 Å². The van der Waals surface area contributed by atoms with E-state index in [1.165, 1.54) is 43.5 Å². The highest BCUT2D eigenvalue weighted by molar-refractivity contribution is 5.23. The van der Waals surface area contributed by atoms with Crippen molar-refractivity contribution in [3.05, 3.63) is 71.8 Å². The molecular formula is C18H21N. The van der Waals surface area contributed by atoms with Gasteiger partial charge in [-0.3, -0.25) is 4.90 Å². The molecule has 0 aromatic heterocycles. The summed E-state index contributed by atoms with van der Waals surface area (Å²) in [4.78, 5) is 2.57. The first kappa shape index (κ1) is 12.4. The fourth-order valence-corrected chi connectivity index (χ4v) is 2.70. The van der Waals surface area contributed by atoms with Crippen molar-refractivity contribution in [1.82, 2.24) is 4.90 Å². The van der Waals surface area contributed by atoms with Gasteiger partial charge in [-0.15, -0.1) is 0 Å². The van der Waals surface area contributed by atoms with Crippen LogP contribution in [-0.4, -0.2) is 18.0 Å². The second-order valence-electron chi connectivity index (χ2n) is 5.36. The lowest BCUT2D eigenvalue weighted by atomic mass is 10.1. The summed E-state index contributed by atoms with van der Waals surface area (Å²) in [7, 11) is 0. The molecule has 0 aliphatic carbocycles. The van der Waals surface area contributed by atoms with Crippen molar-refractivity contribution < 1.29 is 0 Å². The van der Waals surface area contributed by atoms with Gasteiger partial charge in [-0.2, -0.15) is 0 Å². The van der Waals surface area contributed by atoms with Gasteiger partial charge in [-0.25, -0.2) is 0 Å². The Hall–Kier alpha value is -1.60. The van der Waals surface area contributed by atoms with Crippen molar-refractivity contribution in [3.63, 3.8) is 0 Å². The third-order valence-corrected chi connectivity index (χ3v) is 3.90. The van der Waals surface area contributed by atoms with Crippen molar-refractivity contribution in [2.24, 2.45) is 0 Å². The summed E-state index contributed by atoms with van der Waals surface area (Å²) in [6, 6.07) is 22.4. The van der Waals surface area contributed by atoms with E-state index < -0.39 is 0 Å². The highest BCUT2D eigenvalue weighted by Crippen LogP contribution is 2.34. The summed E-state index contributed by atoms with van der Waals surface area (Å²) in [6.45, 7) is 2.49. The van der Waals surface area contributed by atoms with E-state index in [2.05, 4.69) is 65.6 Å². The molecule has 1 aliphatic rings. The summed E-state index contributed by atoms with van der Waals surface area (Å²) in [5.41, 5.74) is 2.94. The van der Waals surface area contributed by atoms with E-state index >= 15 is 0 Å². The molecule has 0 bridgehead atoms. The predicted octanol–water partition coefficient (Wildman–Crippen LogP) is 4.07. The van der Waals surface area contributed by atoms with E-state index in [0.717, 1.165) is 0 Å². The minimum absolute atomic E-state index is 0.693. The molecule has 0 radical (unpaired) electrons. The van der Waals surface area contributed by atoms with Crippen LogP contribution in [0.1, 0.15) is 30.0 Å². The average Bonchev–Trinajstić information content (AvgIpc) is 3.25. The summed E-state index contributed by atoms with van der Waals surface area (Å²) in [5, 5.41) is 0. The van der Waals surface area contributed by atoms with Crippen molar-refractivity contribution in [3.8, 4) is 0 Å². The lowest BCUT2D eigenvalue weighted by Gasteiger charge is -2.04. The van der Waals surface area contributed by atoms with Crippen LogP contribution >= 0.6 is 0 Å². The van der Waals surface area contributed by atoms with Gasteiger partial charge in [0, 0.05) is 12.6 Å². The second kappa shape index (κ2) is 6.03. The first-order valence-electron chi connectivity index (χ1n) is 7.26. The van der Waals surface area contributed by atoms with Gasteiger partial charge in [0.1, 0.15) is 0 Å². The van der Waals surface area contributed by atoms with Gasteiger partial charge in [0.15, 0.2) is 0 Å². The smallest absolute Gasteiger partial charge is 0.0476 e. The molecule has 19 heavy (non-hydrogen) atoms. The molecule has 2 unspecified atom stereocenters. The Labute approximate surface area is 115 Å². The SMILES string of the molecule is c1ccc(CCCCN2CC2c2ccccc2)cc1. The van der Waals surface area contributed by atoms with E-state index in [4.69, 9.17) is 0 Å². The van der Waals surface area contributed by atoms with Gasteiger partial charge in [0.05, 0.1) is 0 Å². The number of hydrogen-bond donors (Lipinski definition) is 0. The molecule has 1 saturated heterocycles. The zero-order valence-electron chi connectivity index (χ0n) is 11.3. The Morgan fingerprint density at radius 1 is 0.842 bits per heavy atom. The molecule has 1 heteroatoms. The van der Waals surface area contributed by atoms with Crippen LogP contribution in [0.25, 0.3) is 0 Å². The fraction of sp³-hybridized carbons (Fsp3) is 0.333. The number of unbranched alkanes of at least 4 members (excludes halogenated alkanes) is 1. The molecule has 2 aromatic rings. The molecule has 1 aliphatic heterocycles.